The fraction of sp³-hybridized carbons (Fsp3) is 0.368. The molecule has 1 aromatic carbocycles. The highest BCUT2D eigenvalue weighted by Crippen LogP contribution is 2.23. The Kier molecular flexibility index (Phi) is 4.82. The number of anilines is 1. The molecule has 0 bridgehead atoms. The van der Waals surface area contributed by atoms with E-state index >= 15 is 0 Å². The lowest BCUT2D eigenvalue weighted by Gasteiger charge is -2.36. The predicted molar refractivity (Wildman–Crippen MR) is 108 cm³/mol. The van der Waals surface area contributed by atoms with Crippen LogP contribution in [0.4, 0.5) is 5.95 Å². The molecule has 27 heavy (non-hydrogen) atoms. The van der Waals surface area contributed by atoms with E-state index in [2.05, 4.69) is 30.9 Å². The molecule has 1 amide bonds. The number of rotatable bonds is 3. The first-order valence-electron chi connectivity index (χ1n) is 8.94. The Hall–Kier alpha value is -2.48. The highest BCUT2D eigenvalue weighted by Gasteiger charge is 2.27. The predicted octanol–water partition coefficient (Wildman–Crippen LogP) is 2.87. The molecule has 1 aliphatic rings. The maximum atomic E-state index is 12.6. The zero-order valence-corrected chi connectivity index (χ0v) is 16.9. The summed E-state index contributed by atoms with van der Waals surface area (Å²) in [5.74, 6) is 0.776. The monoisotopic (exact) mass is 428 g/mol. The van der Waals surface area contributed by atoms with Crippen molar-refractivity contribution in [1.29, 1.82) is 0 Å². The summed E-state index contributed by atoms with van der Waals surface area (Å²) in [7, 11) is 3.69. The summed E-state index contributed by atoms with van der Waals surface area (Å²) in [4.78, 5) is 25.9. The lowest BCUT2D eigenvalue weighted by atomic mass is 10.0. The fourth-order valence-corrected chi connectivity index (χ4v) is 3.88. The minimum absolute atomic E-state index is 0.0223. The van der Waals surface area contributed by atoms with Crippen LogP contribution in [-0.4, -0.2) is 56.7 Å². The van der Waals surface area contributed by atoms with Crippen molar-refractivity contribution < 1.29 is 4.79 Å². The SMILES string of the molecule is CN(C(=O)c1cnn(C)c1)C1CCN(c2ncc3cc(Br)ccc3n2)CC1. The molecule has 0 saturated carbocycles. The fourth-order valence-electron chi connectivity index (χ4n) is 3.50. The van der Waals surface area contributed by atoms with Gasteiger partial charge in [-0.3, -0.25) is 9.48 Å². The number of hydrogen-bond acceptors (Lipinski definition) is 5. The summed E-state index contributed by atoms with van der Waals surface area (Å²) in [6.45, 7) is 1.66. The van der Waals surface area contributed by atoms with Gasteiger partial charge in [-0.25, -0.2) is 9.97 Å². The van der Waals surface area contributed by atoms with Gasteiger partial charge in [-0.1, -0.05) is 15.9 Å². The number of aromatic nitrogens is 4. The third-order valence-corrected chi connectivity index (χ3v) is 5.59. The summed E-state index contributed by atoms with van der Waals surface area (Å²) >= 11 is 3.47. The molecule has 2 aromatic heterocycles. The van der Waals surface area contributed by atoms with E-state index in [0.717, 1.165) is 47.3 Å². The van der Waals surface area contributed by atoms with E-state index in [0.29, 0.717) is 5.56 Å². The van der Waals surface area contributed by atoms with Crippen LogP contribution in [0.1, 0.15) is 23.2 Å². The largest absolute Gasteiger partial charge is 0.341 e. The van der Waals surface area contributed by atoms with Crippen molar-refractivity contribution in [2.75, 3.05) is 25.0 Å². The quantitative estimate of drug-likeness (QED) is 0.641. The molecule has 140 valence electrons. The van der Waals surface area contributed by atoms with Crippen LogP contribution in [0, 0.1) is 0 Å². The first-order chi connectivity index (χ1) is 13.0. The second kappa shape index (κ2) is 7.26. The molecule has 8 heteroatoms. The molecule has 0 N–H and O–H groups in total. The van der Waals surface area contributed by atoms with Gasteiger partial charge in [0.05, 0.1) is 17.3 Å². The molecule has 3 aromatic rings. The van der Waals surface area contributed by atoms with Gasteiger partial charge in [0.1, 0.15) is 0 Å². The first-order valence-corrected chi connectivity index (χ1v) is 9.73. The summed E-state index contributed by atoms with van der Waals surface area (Å²) in [5.41, 5.74) is 1.57. The van der Waals surface area contributed by atoms with Gasteiger partial charge >= 0.3 is 0 Å². The van der Waals surface area contributed by atoms with Gasteiger partial charge in [-0.15, -0.1) is 0 Å². The number of hydrogen-bond donors (Lipinski definition) is 0. The summed E-state index contributed by atoms with van der Waals surface area (Å²) in [5, 5.41) is 5.11. The molecular weight excluding hydrogens is 408 g/mol. The van der Waals surface area contributed by atoms with Crippen LogP contribution in [0.5, 0.6) is 0 Å². The summed E-state index contributed by atoms with van der Waals surface area (Å²) in [6, 6.07) is 6.22. The lowest BCUT2D eigenvalue weighted by Crippen LogP contribution is -2.46. The normalized spacial score (nSPS) is 15.3. The van der Waals surface area contributed by atoms with E-state index < -0.39 is 0 Å². The summed E-state index contributed by atoms with van der Waals surface area (Å²) < 4.78 is 2.67. The zero-order valence-electron chi connectivity index (χ0n) is 15.3. The van der Waals surface area contributed by atoms with Crippen molar-refractivity contribution in [3.8, 4) is 0 Å². The highest BCUT2D eigenvalue weighted by atomic mass is 79.9. The number of piperidine rings is 1. The average Bonchev–Trinajstić information content (AvgIpc) is 3.13. The van der Waals surface area contributed by atoms with Crippen molar-refractivity contribution in [1.82, 2.24) is 24.6 Å². The third-order valence-electron chi connectivity index (χ3n) is 5.10. The Bertz CT molecular complexity index is 979. The van der Waals surface area contributed by atoms with Crippen LogP contribution < -0.4 is 4.90 Å². The van der Waals surface area contributed by atoms with Crippen molar-refractivity contribution >= 4 is 38.7 Å². The molecule has 1 aliphatic heterocycles. The van der Waals surface area contributed by atoms with Gasteiger partial charge in [-0.2, -0.15) is 5.10 Å². The maximum Gasteiger partial charge on any atom is 0.257 e. The maximum absolute atomic E-state index is 12.6. The molecule has 1 fully saturated rings. The Morgan fingerprint density at radius 2 is 2.04 bits per heavy atom. The molecule has 0 atom stereocenters. The minimum Gasteiger partial charge on any atom is -0.341 e. The van der Waals surface area contributed by atoms with Crippen LogP contribution >= 0.6 is 15.9 Å². The molecular formula is C19H21BrN6O. The summed E-state index contributed by atoms with van der Waals surface area (Å²) in [6.07, 6.45) is 7.03. The van der Waals surface area contributed by atoms with Crippen LogP contribution in [0.25, 0.3) is 10.9 Å². The molecule has 0 spiro atoms. The Labute approximate surface area is 166 Å². The number of nitrogens with zero attached hydrogens (tertiary/aromatic N) is 6. The van der Waals surface area contributed by atoms with Gasteiger partial charge in [0, 0.05) is 55.5 Å². The average molecular weight is 429 g/mol. The molecule has 7 nitrogen and oxygen atoms in total. The van der Waals surface area contributed by atoms with Gasteiger partial charge in [0.2, 0.25) is 5.95 Å². The number of fused-ring (bicyclic) bond motifs is 1. The number of carbonyl (C=O) groups is 1. The van der Waals surface area contributed by atoms with Crippen LogP contribution in [-0.2, 0) is 7.05 Å². The second-order valence-corrected chi connectivity index (χ2v) is 7.83. The van der Waals surface area contributed by atoms with Gasteiger partial charge in [0.15, 0.2) is 0 Å². The standard InChI is InChI=1S/C19H21BrN6O/c1-24-12-14(11-22-24)18(27)25(2)16-5-7-26(8-6-16)19-21-10-13-9-15(20)3-4-17(13)23-19/h3-4,9-12,16H,5-8H2,1-2H3. The number of aryl methyl sites for hydroxylation is 1. The Morgan fingerprint density at radius 1 is 1.26 bits per heavy atom. The van der Waals surface area contributed by atoms with Gasteiger partial charge in [-0.05, 0) is 31.0 Å². The van der Waals surface area contributed by atoms with E-state index in [9.17, 15) is 4.79 Å². The number of benzene rings is 1. The van der Waals surface area contributed by atoms with Crippen LogP contribution in [0.15, 0.2) is 41.3 Å². The topological polar surface area (TPSA) is 67.2 Å². The van der Waals surface area contributed by atoms with Crippen molar-refractivity contribution in [3.63, 3.8) is 0 Å². The van der Waals surface area contributed by atoms with E-state index in [1.807, 2.05) is 43.4 Å². The molecule has 1 saturated heterocycles. The van der Waals surface area contributed by atoms with E-state index in [-0.39, 0.29) is 11.9 Å². The zero-order chi connectivity index (χ0) is 19.0. The van der Waals surface area contributed by atoms with E-state index in [1.165, 1.54) is 0 Å². The number of carbonyl (C=O) groups excluding carboxylic acids is 1. The second-order valence-electron chi connectivity index (χ2n) is 6.91. The molecule has 3 heterocycles. The van der Waals surface area contributed by atoms with Crippen molar-refractivity contribution in [2.45, 2.75) is 18.9 Å². The molecule has 0 radical (unpaired) electrons. The minimum atomic E-state index is 0.0223. The Morgan fingerprint density at radius 3 is 2.74 bits per heavy atom. The molecule has 4 rings (SSSR count). The van der Waals surface area contributed by atoms with Crippen molar-refractivity contribution in [3.05, 3.63) is 46.8 Å². The van der Waals surface area contributed by atoms with Gasteiger partial charge in [0.25, 0.3) is 5.91 Å². The van der Waals surface area contributed by atoms with E-state index in [4.69, 9.17) is 4.98 Å². The van der Waals surface area contributed by atoms with Crippen LogP contribution in [0.3, 0.4) is 0 Å². The van der Waals surface area contributed by atoms with Crippen molar-refractivity contribution in [2.24, 2.45) is 7.05 Å². The molecule has 0 unspecified atom stereocenters. The number of amides is 1. The third kappa shape index (κ3) is 3.66. The van der Waals surface area contributed by atoms with Crippen LogP contribution in [0.2, 0.25) is 0 Å². The smallest absolute Gasteiger partial charge is 0.257 e. The number of halogens is 1. The lowest BCUT2D eigenvalue weighted by molar-refractivity contribution is 0.0709. The highest BCUT2D eigenvalue weighted by molar-refractivity contribution is 9.10. The Balaban J connectivity index is 1.42. The van der Waals surface area contributed by atoms with E-state index in [1.54, 1.807) is 17.1 Å². The van der Waals surface area contributed by atoms with Gasteiger partial charge < -0.3 is 9.80 Å². The first kappa shape index (κ1) is 17.9. The molecule has 0 aliphatic carbocycles.